The van der Waals surface area contributed by atoms with E-state index < -0.39 is 0 Å². The standard InChI is InChI=1S/C17H34N4S.HI/c1-13-7-9-21(10-8-13)14(2)12-19-17(18-3)20-15-5-6-16(11-15)22-4;/h13-16H,5-12H2,1-4H3,(H2,18,19,20);1H. The van der Waals surface area contributed by atoms with Gasteiger partial charge < -0.3 is 10.6 Å². The minimum atomic E-state index is 0. The zero-order valence-electron chi connectivity index (χ0n) is 15.2. The molecule has 0 spiro atoms. The molecule has 23 heavy (non-hydrogen) atoms. The van der Waals surface area contributed by atoms with Crippen molar-refractivity contribution in [1.82, 2.24) is 15.5 Å². The number of rotatable bonds is 5. The SMILES string of the molecule is CN=C(NCC(C)N1CCC(C)CC1)NC1CCC(SC)C1.I. The van der Waals surface area contributed by atoms with E-state index in [0.717, 1.165) is 23.7 Å². The lowest BCUT2D eigenvalue weighted by atomic mass is 9.98. The van der Waals surface area contributed by atoms with Gasteiger partial charge in [0, 0.05) is 30.9 Å². The van der Waals surface area contributed by atoms with Crippen LogP contribution in [0.25, 0.3) is 0 Å². The summed E-state index contributed by atoms with van der Waals surface area (Å²) in [7, 11) is 1.88. The lowest BCUT2D eigenvalue weighted by Gasteiger charge is -2.35. The van der Waals surface area contributed by atoms with Gasteiger partial charge >= 0.3 is 0 Å². The van der Waals surface area contributed by atoms with Gasteiger partial charge in [0.1, 0.15) is 0 Å². The minimum absolute atomic E-state index is 0. The zero-order valence-corrected chi connectivity index (χ0v) is 18.3. The van der Waals surface area contributed by atoms with Crippen molar-refractivity contribution in [2.45, 2.75) is 63.3 Å². The van der Waals surface area contributed by atoms with E-state index in [4.69, 9.17) is 0 Å². The second kappa shape index (κ2) is 11.0. The van der Waals surface area contributed by atoms with Gasteiger partial charge in [-0.1, -0.05) is 6.92 Å². The first-order chi connectivity index (χ1) is 10.6. The van der Waals surface area contributed by atoms with Gasteiger partial charge in [0.05, 0.1) is 0 Å². The second-order valence-electron chi connectivity index (χ2n) is 7.03. The lowest BCUT2D eigenvalue weighted by molar-refractivity contribution is 0.147. The summed E-state index contributed by atoms with van der Waals surface area (Å²) < 4.78 is 0. The van der Waals surface area contributed by atoms with Crippen LogP contribution in [0.15, 0.2) is 4.99 Å². The Morgan fingerprint density at radius 3 is 2.52 bits per heavy atom. The van der Waals surface area contributed by atoms with Crippen LogP contribution in [-0.2, 0) is 0 Å². The van der Waals surface area contributed by atoms with Crippen LogP contribution < -0.4 is 10.6 Å². The molecule has 0 aromatic carbocycles. The van der Waals surface area contributed by atoms with E-state index in [0.29, 0.717) is 12.1 Å². The number of nitrogens with zero attached hydrogens (tertiary/aromatic N) is 2. The van der Waals surface area contributed by atoms with Crippen molar-refractivity contribution in [3.8, 4) is 0 Å². The normalized spacial score (nSPS) is 28.3. The molecule has 1 saturated carbocycles. The van der Waals surface area contributed by atoms with Gasteiger partial charge in [0.25, 0.3) is 0 Å². The van der Waals surface area contributed by atoms with Crippen LogP contribution in [-0.4, -0.2) is 61.1 Å². The summed E-state index contributed by atoms with van der Waals surface area (Å²) in [4.78, 5) is 7.01. The molecule has 1 heterocycles. The molecular formula is C17H35IN4S. The van der Waals surface area contributed by atoms with E-state index in [1.54, 1.807) is 0 Å². The number of hydrogen-bond donors (Lipinski definition) is 2. The smallest absolute Gasteiger partial charge is 0.191 e. The number of thioether (sulfide) groups is 1. The first kappa shape index (κ1) is 21.4. The predicted molar refractivity (Wildman–Crippen MR) is 114 cm³/mol. The third kappa shape index (κ3) is 6.98. The van der Waals surface area contributed by atoms with Gasteiger partial charge in [-0.3, -0.25) is 9.89 Å². The summed E-state index contributed by atoms with van der Waals surface area (Å²) in [6, 6.07) is 1.17. The van der Waals surface area contributed by atoms with E-state index in [2.05, 4.69) is 40.6 Å². The Kier molecular flexibility index (Phi) is 10.2. The van der Waals surface area contributed by atoms with Gasteiger partial charge in [-0.15, -0.1) is 24.0 Å². The van der Waals surface area contributed by atoms with Gasteiger partial charge in [-0.05, 0) is 64.3 Å². The highest BCUT2D eigenvalue weighted by molar-refractivity contribution is 14.0. The van der Waals surface area contributed by atoms with E-state index in [1.165, 1.54) is 45.2 Å². The Hall–Kier alpha value is 0.310. The van der Waals surface area contributed by atoms with Crippen LogP contribution in [0.2, 0.25) is 0 Å². The van der Waals surface area contributed by atoms with Gasteiger partial charge in [-0.25, -0.2) is 0 Å². The highest BCUT2D eigenvalue weighted by Gasteiger charge is 2.25. The molecule has 6 heteroatoms. The Morgan fingerprint density at radius 1 is 1.26 bits per heavy atom. The fourth-order valence-electron chi connectivity index (χ4n) is 3.52. The van der Waals surface area contributed by atoms with Crippen molar-refractivity contribution < 1.29 is 0 Å². The number of nitrogens with one attached hydrogen (secondary N) is 2. The van der Waals surface area contributed by atoms with Crippen molar-refractivity contribution in [2.75, 3.05) is 32.9 Å². The Balaban J connectivity index is 0.00000264. The van der Waals surface area contributed by atoms with Crippen molar-refractivity contribution in [2.24, 2.45) is 10.9 Å². The molecule has 2 N–H and O–H groups in total. The van der Waals surface area contributed by atoms with Crippen LogP contribution in [0, 0.1) is 5.92 Å². The third-order valence-corrected chi connectivity index (χ3v) is 6.38. The maximum absolute atomic E-state index is 4.40. The zero-order chi connectivity index (χ0) is 15.9. The molecule has 0 aromatic heterocycles. The average Bonchev–Trinajstić information content (AvgIpc) is 2.99. The van der Waals surface area contributed by atoms with Gasteiger partial charge in [-0.2, -0.15) is 11.8 Å². The molecule has 1 aliphatic heterocycles. The fourth-order valence-corrected chi connectivity index (χ4v) is 4.31. The first-order valence-corrected chi connectivity index (χ1v) is 10.1. The summed E-state index contributed by atoms with van der Waals surface area (Å²) in [5.41, 5.74) is 0. The predicted octanol–water partition coefficient (Wildman–Crippen LogP) is 3.17. The van der Waals surface area contributed by atoms with E-state index in [9.17, 15) is 0 Å². The highest BCUT2D eigenvalue weighted by Crippen LogP contribution is 2.28. The maximum Gasteiger partial charge on any atom is 0.191 e. The van der Waals surface area contributed by atoms with Crippen LogP contribution in [0.3, 0.4) is 0 Å². The quantitative estimate of drug-likeness (QED) is 0.380. The van der Waals surface area contributed by atoms with Crippen molar-refractivity contribution in [3.63, 3.8) is 0 Å². The minimum Gasteiger partial charge on any atom is -0.355 e. The fraction of sp³-hybridized carbons (Fsp3) is 0.941. The number of likely N-dealkylation sites (tertiary alicyclic amines) is 1. The Morgan fingerprint density at radius 2 is 1.96 bits per heavy atom. The number of piperidine rings is 1. The molecule has 1 aliphatic carbocycles. The van der Waals surface area contributed by atoms with Crippen molar-refractivity contribution >= 4 is 41.7 Å². The molecule has 0 bridgehead atoms. The molecular weight excluding hydrogens is 419 g/mol. The largest absolute Gasteiger partial charge is 0.355 e. The van der Waals surface area contributed by atoms with Crippen LogP contribution in [0.1, 0.15) is 46.0 Å². The van der Waals surface area contributed by atoms with E-state index in [-0.39, 0.29) is 24.0 Å². The Labute approximate surface area is 164 Å². The number of guanidine groups is 1. The first-order valence-electron chi connectivity index (χ1n) is 8.86. The van der Waals surface area contributed by atoms with Crippen molar-refractivity contribution in [3.05, 3.63) is 0 Å². The molecule has 1 saturated heterocycles. The van der Waals surface area contributed by atoms with Crippen molar-refractivity contribution in [1.29, 1.82) is 0 Å². The Bertz CT molecular complexity index is 359. The molecule has 0 radical (unpaired) electrons. The summed E-state index contributed by atoms with van der Waals surface area (Å²) in [6.45, 7) is 8.17. The lowest BCUT2D eigenvalue weighted by Crippen LogP contribution is -2.49. The molecule has 2 rings (SSSR count). The molecule has 0 amide bonds. The third-order valence-electron chi connectivity index (χ3n) is 5.29. The van der Waals surface area contributed by atoms with Crippen LogP contribution in [0.5, 0.6) is 0 Å². The van der Waals surface area contributed by atoms with E-state index >= 15 is 0 Å². The monoisotopic (exact) mass is 454 g/mol. The molecule has 3 atom stereocenters. The summed E-state index contributed by atoms with van der Waals surface area (Å²) in [6.07, 6.45) is 8.78. The summed E-state index contributed by atoms with van der Waals surface area (Å²) >= 11 is 2.00. The number of hydrogen-bond acceptors (Lipinski definition) is 3. The topological polar surface area (TPSA) is 39.7 Å². The summed E-state index contributed by atoms with van der Waals surface area (Å²) in [5.74, 6) is 1.88. The number of aliphatic imine (C=N–C) groups is 1. The summed E-state index contributed by atoms with van der Waals surface area (Å²) in [5, 5.41) is 7.95. The van der Waals surface area contributed by atoms with Gasteiger partial charge in [0.15, 0.2) is 5.96 Å². The second-order valence-corrected chi connectivity index (χ2v) is 8.17. The molecule has 3 unspecified atom stereocenters. The van der Waals surface area contributed by atoms with E-state index in [1.807, 2.05) is 18.8 Å². The number of halogens is 1. The molecule has 2 aliphatic rings. The van der Waals surface area contributed by atoms with Crippen LogP contribution >= 0.6 is 35.7 Å². The molecule has 2 fully saturated rings. The average molecular weight is 454 g/mol. The van der Waals surface area contributed by atoms with Gasteiger partial charge in [0.2, 0.25) is 0 Å². The maximum atomic E-state index is 4.40. The molecule has 0 aromatic rings. The molecule has 136 valence electrons. The molecule has 4 nitrogen and oxygen atoms in total. The highest BCUT2D eigenvalue weighted by atomic mass is 127. The van der Waals surface area contributed by atoms with Crippen LogP contribution in [0.4, 0.5) is 0 Å².